The Labute approximate surface area is 326 Å². The van der Waals surface area contributed by atoms with Crippen molar-refractivity contribution in [2.45, 2.75) is 0 Å². The van der Waals surface area contributed by atoms with E-state index in [0.29, 0.717) is 0 Å². The topological polar surface area (TPSA) is 45.4 Å². The number of fused-ring (bicyclic) bond motifs is 7. The molecule has 3 aromatic heterocycles. The molecule has 0 saturated heterocycles. The molecule has 10 aromatic rings. The number of benzene rings is 7. The molecule has 0 unspecified atom stereocenters. The number of pyridine rings is 2. The van der Waals surface area contributed by atoms with Crippen molar-refractivity contribution in [3.63, 3.8) is 0 Å². The van der Waals surface area contributed by atoms with Gasteiger partial charge in [0, 0.05) is 30.0 Å². The van der Waals surface area contributed by atoms with E-state index in [1.807, 2.05) is 54.9 Å². The van der Waals surface area contributed by atoms with Gasteiger partial charge in [0.1, 0.15) is 5.58 Å². The normalized spacial score (nSPS) is 12.2. The maximum Gasteiger partial charge on any atom is 3.00 e. The van der Waals surface area contributed by atoms with Crippen LogP contribution in [0.25, 0.3) is 76.6 Å². The van der Waals surface area contributed by atoms with Gasteiger partial charge in [-0.15, -0.1) is 35.0 Å². The molecule has 6 heteroatoms. The molecule has 0 aliphatic carbocycles. The molecule has 4 heterocycles. The van der Waals surface area contributed by atoms with Gasteiger partial charge in [-0.2, -0.15) is 24.9 Å². The second-order valence-electron chi connectivity index (χ2n) is 13.3. The first-order valence-corrected chi connectivity index (χ1v) is 17.6. The second kappa shape index (κ2) is 13.9. The van der Waals surface area contributed by atoms with Crippen LogP contribution in [-0.4, -0.2) is 17.0 Å². The number of aromatic nitrogens is 2. The quantitative estimate of drug-likeness (QED) is 0.131. The zero-order chi connectivity index (χ0) is 35.3. The summed E-state index contributed by atoms with van der Waals surface area (Å²) in [5, 5.41) is 9.55. The van der Waals surface area contributed by atoms with Crippen molar-refractivity contribution in [3.8, 4) is 22.4 Å². The number of hydrogen-bond acceptors (Lipinski definition) is 5. The molecule has 0 amide bonds. The molecule has 0 spiro atoms. The first kappa shape index (κ1) is 33.5. The van der Waals surface area contributed by atoms with Gasteiger partial charge in [-0.25, -0.2) is 0 Å². The molecule has 7 aromatic carbocycles. The molecular formula is C48H31IrN4O. The van der Waals surface area contributed by atoms with Crippen molar-refractivity contribution in [1.29, 1.82) is 0 Å². The summed E-state index contributed by atoms with van der Waals surface area (Å²) in [5.74, 6) is 0. The van der Waals surface area contributed by atoms with Crippen LogP contribution in [0.5, 0.6) is 0 Å². The van der Waals surface area contributed by atoms with E-state index in [9.17, 15) is 0 Å². The number of furan rings is 1. The summed E-state index contributed by atoms with van der Waals surface area (Å²) in [6.07, 6.45) is 5.47. The van der Waals surface area contributed by atoms with Gasteiger partial charge >= 0.3 is 20.1 Å². The van der Waals surface area contributed by atoms with E-state index in [2.05, 4.69) is 149 Å². The van der Waals surface area contributed by atoms with Crippen LogP contribution < -0.4 is 9.80 Å². The fourth-order valence-corrected chi connectivity index (χ4v) is 7.40. The Morgan fingerprint density at radius 1 is 0.611 bits per heavy atom. The Morgan fingerprint density at radius 3 is 2.06 bits per heavy atom. The van der Waals surface area contributed by atoms with Crippen LogP contribution in [0.3, 0.4) is 0 Å². The molecule has 54 heavy (non-hydrogen) atoms. The third-order valence-corrected chi connectivity index (χ3v) is 9.99. The first-order valence-electron chi connectivity index (χ1n) is 17.6. The van der Waals surface area contributed by atoms with Crippen LogP contribution in [0.15, 0.2) is 169 Å². The van der Waals surface area contributed by atoms with Gasteiger partial charge in [-0.3, -0.25) is 4.98 Å². The molecule has 5 nitrogen and oxygen atoms in total. The molecule has 0 bridgehead atoms. The van der Waals surface area contributed by atoms with Gasteiger partial charge in [0.2, 0.25) is 0 Å². The van der Waals surface area contributed by atoms with Gasteiger partial charge in [0.25, 0.3) is 0 Å². The minimum atomic E-state index is 0. The third kappa shape index (κ3) is 5.96. The average molecular weight is 872 g/mol. The molecule has 0 radical (unpaired) electrons. The van der Waals surface area contributed by atoms with Crippen molar-refractivity contribution in [2.24, 2.45) is 0 Å². The number of hydrogen-bond donors (Lipinski definition) is 0. The Morgan fingerprint density at radius 2 is 1.33 bits per heavy atom. The Hall–Kier alpha value is -6.33. The number of anilines is 3. The largest absolute Gasteiger partial charge is 3.00 e. The zero-order valence-electron chi connectivity index (χ0n) is 29.2. The summed E-state index contributed by atoms with van der Waals surface area (Å²) in [4.78, 5) is 13.0. The van der Waals surface area contributed by atoms with Gasteiger partial charge in [-0.1, -0.05) is 77.7 Å². The van der Waals surface area contributed by atoms with Gasteiger partial charge in [0.15, 0.2) is 0 Å². The van der Waals surface area contributed by atoms with E-state index in [0.717, 1.165) is 50.0 Å². The van der Waals surface area contributed by atoms with Crippen molar-refractivity contribution in [3.05, 3.63) is 183 Å². The summed E-state index contributed by atoms with van der Waals surface area (Å²) in [7, 11) is 2.06. The van der Waals surface area contributed by atoms with Gasteiger partial charge in [-0.05, 0) is 105 Å². The molecule has 1 aliphatic rings. The maximum atomic E-state index is 6.26. The number of rotatable bonds is 3. The Bertz CT molecular complexity index is 2940. The summed E-state index contributed by atoms with van der Waals surface area (Å²) >= 11 is 0. The Kier molecular flexibility index (Phi) is 8.63. The number of nitrogens with zero attached hydrogens (tertiary/aromatic N) is 4. The molecule has 258 valence electrons. The first-order chi connectivity index (χ1) is 26.2. The standard InChI is InChI=1S/C29H16NO.C19H15N3.Ir/c1-2-7-19-13-21-15-23-17-28-25(16-22(23)14-20(21)12-18(19)6-1)29-24(8-5-10-27(29)31-28)26-9-3-4-11-30-26;1-21-14-22(19-7-3-2-6-18(19)21)17-10-8-15(9-11-17)16-5-4-12-20-13-16;/h1-7,9-17H;2-10,12-14H,1H3;/q-1;-2;+3. The van der Waals surface area contributed by atoms with Crippen LogP contribution in [-0.2, 0) is 20.1 Å². The molecule has 1 aliphatic heterocycles. The van der Waals surface area contributed by atoms with Gasteiger partial charge < -0.3 is 19.2 Å². The maximum absolute atomic E-state index is 6.26. The number of para-hydroxylation sites is 2. The molecule has 0 saturated carbocycles. The SMILES string of the molecule is CN1[CH-]N(c2[c-]cc(-c3cccnc3)cc2)c2ccccc21.[Ir+3].[c-]1ccc2oc3cc4cc5cc6ccccc6cc5cc4cc3c2c1-c1ccccn1. The van der Waals surface area contributed by atoms with Crippen LogP contribution >= 0.6 is 0 Å². The molecule has 11 rings (SSSR count). The van der Waals surface area contributed by atoms with Gasteiger partial charge in [0.05, 0.1) is 5.58 Å². The monoisotopic (exact) mass is 872 g/mol. The summed E-state index contributed by atoms with van der Waals surface area (Å²) in [6.45, 7) is 2.08. The van der Waals surface area contributed by atoms with Crippen molar-refractivity contribution in [2.75, 3.05) is 16.8 Å². The second-order valence-corrected chi connectivity index (χ2v) is 13.3. The van der Waals surface area contributed by atoms with E-state index in [4.69, 9.17) is 4.42 Å². The molecule has 0 atom stereocenters. The van der Waals surface area contributed by atoms with Crippen LogP contribution in [0.4, 0.5) is 17.1 Å². The molecule has 0 N–H and O–H groups in total. The summed E-state index contributed by atoms with van der Waals surface area (Å²) in [6, 6.07) is 57.2. The van der Waals surface area contributed by atoms with Crippen molar-refractivity contribution >= 4 is 71.3 Å². The minimum Gasteiger partial charge on any atom is -0.504 e. The van der Waals surface area contributed by atoms with E-state index in [1.165, 1.54) is 43.7 Å². The zero-order valence-corrected chi connectivity index (χ0v) is 31.6. The minimum absolute atomic E-state index is 0. The molecule has 0 fully saturated rings. The average Bonchev–Trinajstić information content (AvgIpc) is 3.76. The third-order valence-electron chi connectivity index (χ3n) is 9.99. The summed E-state index contributed by atoms with van der Waals surface area (Å²) in [5.41, 5.74) is 9.27. The predicted molar refractivity (Wildman–Crippen MR) is 218 cm³/mol. The van der Waals surface area contributed by atoms with E-state index in [-0.39, 0.29) is 20.1 Å². The van der Waals surface area contributed by atoms with Crippen LogP contribution in [0, 0.1) is 18.8 Å². The molecular weight excluding hydrogens is 841 g/mol. The van der Waals surface area contributed by atoms with E-state index in [1.54, 1.807) is 6.20 Å². The van der Waals surface area contributed by atoms with Crippen molar-refractivity contribution in [1.82, 2.24) is 9.97 Å². The Balaban J connectivity index is 0.000000148. The van der Waals surface area contributed by atoms with E-state index < -0.39 is 0 Å². The smallest absolute Gasteiger partial charge is 0.504 e. The van der Waals surface area contributed by atoms with E-state index >= 15 is 0 Å². The fourth-order valence-electron chi connectivity index (χ4n) is 7.40. The van der Waals surface area contributed by atoms with Crippen LogP contribution in [0.1, 0.15) is 0 Å². The fraction of sp³-hybridized carbons (Fsp3) is 0.0208. The van der Waals surface area contributed by atoms with Crippen LogP contribution in [0.2, 0.25) is 0 Å². The van der Waals surface area contributed by atoms with Crippen molar-refractivity contribution < 1.29 is 24.5 Å². The summed E-state index contributed by atoms with van der Waals surface area (Å²) < 4.78 is 6.26. The predicted octanol–water partition coefficient (Wildman–Crippen LogP) is 12.2.